The molecule has 82 valence electrons. The fourth-order valence-electron chi connectivity index (χ4n) is 1.34. The summed E-state index contributed by atoms with van der Waals surface area (Å²) < 4.78 is 0. The van der Waals surface area contributed by atoms with Gasteiger partial charge in [-0.15, -0.1) is 0 Å². The van der Waals surface area contributed by atoms with Gasteiger partial charge < -0.3 is 10.4 Å². The fourth-order valence-corrected chi connectivity index (χ4v) is 1.34. The van der Waals surface area contributed by atoms with Crippen LogP contribution in [0.1, 0.15) is 5.56 Å². The predicted molar refractivity (Wildman–Crippen MR) is 60.7 cm³/mol. The first-order chi connectivity index (χ1) is 7.69. The number of hydrogen-bond donors (Lipinski definition) is 3. The molecule has 0 saturated carbocycles. The molecule has 5 nitrogen and oxygen atoms in total. The summed E-state index contributed by atoms with van der Waals surface area (Å²) in [5.74, 6) is 0.422. The Hall–Kier alpha value is -2.30. The Kier molecular flexibility index (Phi) is 2.59. The van der Waals surface area contributed by atoms with Crippen molar-refractivity contribution in [1.82, 2.24) is 10.6 Å². The number of aromatic hydroxyl groups is 1. The van der Waals surface area contributed by atoms with Gasteiger partial charge in [0.2, 0.25) is 5.96 Å². The van der Waals surface area contributed by atoms with E-state index in [9.17, 15) is 4.79 Å². The van der Waals surface area contributed by atoms with E-state index in [0.29, 0.717) is 11.7 Å². The summed E-state index contributed by atoms with van der Waals surface area (Å²) in [7, 11) is 1.59. The first-order valence-electron chi connectivity index (χ1n) is 4.75. The second-order valence-electron chi connectivity index (χ2n) is 3.30. The van der Waals surface area contributed by atoms with E-state index in [2.05, 4.69) is 15.6 Å². The molecule has 1 amide bonds. The molecule has 16 heavy (non-hydrogen) atoms. The SMILES string of the molecule is CN=C1NC(=O)/C(=C\c2ccc(O)cc2)N1. The monoisotopic (exact) mass is 217 g/mol. The van der Waals surface area contributed by atoms with E-state index < -0.39 is 0 Å². The molecular formula is C11H11N3O2. The zero-order chi connectivity index (χ0) is 11.5. The molecule has 2 rings (SSSR count). The molecule has 0 spiro atoms. The number of benzene rings is 1. The highest BCUT2D eigenvalue weighted by Gasteiger charge is 2.20. The van der Waals surface area contributed by atoms with Crippen molar-refractivity contribution >= 4 is 17.9 Å². The predicted octanol–water partition coefficient (Wildman–Crippen LogP) is 0.438. The average Bonchev–Trinajstić information content (AvgIpc) is 2.63. The average molecular weight is 217 g/mol. The third kappa shape index (κ3) is 2.03. The van der Waals surface area contributed by atoms with E-state index in [1.807, 2.05) is 0 Å². The molecule has 0 atom stereocenters. The highest BCUT2D eigenvalue weighted by Crippen LogP contribution is 2.13. The van der Waals surface area contributed by atoms with Gasteiger partial charge in [-0.05, 0) is 23.8 Å². The molecule has 1 aliphatic heterocycles. The molecule has 1 aliphatic rings. The summed E-state index contributed by atoms with van der Waals surface area (Å²) >= 11 is 0. The highest BCUT2D eigenvalue weighted by molar-refractivity contribution is 6.15. The van der Waals surface area contributed by atoms with Gasteiger partial charge in [0, 0.05) is 7.05 Å². The van der Waals surface area contributed by atoms with E-state index in [4.69, 9.17) is 5.11 Å². The smallest absolute Gasteiger partial charge is 0.274 e. The van der Waals surface area contributed by atoms with Crippen LogP contribution >= 0.6 is 0 Å². The van der Waals surface area contributed by atoms with Crippen molar-refractivity contribution in [3.05, 3.63) is 35.5 Å². The summed E-state index contributed by atoms with van der Waals surface area (Å²) in [6.45, 7) is 0. The maximum atomic E-state index is 11.4. The third-order valence-corrected chi connectivity index (χ3v) is 2.16. The van der Waals surface area contributed by atoms with Crippen LogP contribution in [-0.4, -0.2) is 24.0 Å². The molecule has 1 aromatic rings. The molecule has 1 saturated heterocycles. The highest BCUT2D eigenvalue weighted by atomic mass is 16.3. The summed E-state index contributed by atoms with van der Waals surface area (Å²) in [5, 5.41) is 14.5. The minimum Gasteiger partial charge on any atom is -0.508 e. The number of amides is 1. The number of phenols is 1. The van der Waals surface area contributed by atoms with Gasteiger partial charge >= 0.3 is 0 Å². The molecule has 0 aromatic heterocycles. The summed E-state index contributed by atoms with van der Waals surface area (Å²) in [4.78, 5) is 15.3. The van der Waals surface area contributed by atoms with Crippen LogP contribution in [-0.2, 0) is 4.79 Å². The Labute approximate surface area is 92.5 Å². The number of carbonyl (C=O) groups is 1. The first kappa shape index (κ1) is 10.2. The number of guanidine groups is 1. The molecule has 5 heteroatoms. The maximum Gasteiger partial charge on any atom is 0.274 e. The number of carbonyl (C=O) groups excluding carboxylic acids is 1. The second kappa shape index (κ2) is 4.06. The standard InChI is InChI=1S/C11H11N3O2/c1-12-11-13-9(10(16)14-11)6-7-2-4-8(15)5-3-7/h2-6,15H,1H3,(H2,12,13,14,16)/b9-6+. The Morgan fingerprint density at radius 3 is 2.50 bits per heavy atom. The van der Waals surface area contributed by atoms with Gasteiger partial charge in [0.1, 0.15) is 11.4 Å². The summed E-state index contributed by atoms with van der Waals surface area (Å²) in [6.07, 6.45) is 1.69. The lowest BCUT2D eigenvalue weighted by molar-refractivity contribution is -0.115. The van der Waals surface area contributed by atoms with Crippen LogP contribution in [0.4, 0.5) is 0 Å². The Bertz CT molecular complexity index is 475. The molecule has 0 aliphatic carbocycles. The number of nitrogens with one attached hydrogen (secondary N) is 2. The molecule has 1 aromatic carbocycles. The third-order valence-electron chi connectivity index (χ3n) is 2.16. The van der Waals surface area contributed by atoms with Crippen molar-refractivity contribution in [3.63, 3.8) is 0 Å². The van der Waals surface area contributed by atoms with Crippen LogP contribution in [0.15, 0.2) is 35.0 Å². The van der Waals surface area contributed by atoms with Gasteiger partial charge in [-0.2, -0.15) is 0 Å². The van der Waals surface area contributed by atoms with Crippen LogP contribution in [0.25, 0.3) is 6.08 Å². The van der Waals surface area contributed by atoms with Gasteiger partial charge in [-0.25, -0.2) is 0 Å². The fraction of sp³-hybridized carbons (Fsp3) is 0.0909. The molecule has 3 N–H and O–H groups in total. The normalized spacial score (nSPS) is 19.9. The second-order valence-corrected chi connectivity index (χ2v) is 3.30. The minimum absolute atomic E-state index is 0.196. The van der Waals surface area contributed by atoms with E-state index >= 15 is 0 Å². The van der Waals surface area contributed by atoms with E-state index in [0.717, 1.165) is 5.56 Å². The zero-order valence-corrected chi connectivity index (χ0v) is 8.69. The Morgan fingerprint density at radius 1 is 1.25 bits per heavy atom. The summed E-state index contributed by atoms with van der Waals surface area (Å²) in [6, 6.07) is 6.57. The Balaban J connectivity index is 2.25. The van der Waals surface area contributed by atoms with Crippen LogP contribution in [0.5, 0.6) is 5.75 Å². The van der Waals surface area contributed by atoms with Gasteiger partial charge in [-0.3, -0.25) is 15.1 Å². The van der Waals surface area contributed by atoms with Crippen molar-refractivity contribution in [2.75, 3.05) is 7.05 Å². The maximum absolute atomic E-state index is 11.4. The van der Waals surface area contributed by atoms with E-state index in [1.54, 1.807) is 37.4 Å². The van der Waals surface area contributed by atoms with Crippen LogP contribution in [0.3, 0.4) is 0 Å². The number of aliphatic imine (C=N–C) groups is 1. The summed E-state index contributed by atoms with van der Waals surface area (Å²) in [5.41, 5.74) is 1.26. The van der Waals surface area contributed by atoms with Gasteiger partial charge in [0.15, 0.2) is 0 Å². The van der Waals surface area contributed by atoms with Crippen LogP contribution in [0, 0.1) is 0 Å². The number of hydrogen-bond acceptors (Lipinski definition) is 3. The molecule has 1 heterocycles. The largest absolute Gasteiger partial charge is 0.508 e. The quantitative estimate of drug-likeness (QED) is 0.597. The van der Waals surface area contributed by atoms with Gasteiger partial charge in [0.25, 0.3) is 5.91 Å². The zero-order valence-electron chi connectivity index (χ0n) is 8.69. The molecule has 0 radical (unpaired) electrons. The molecule has 0 bridgehead atoms. The van der Waals surface area contributed by atoms with E-state index in [-0.39, 0.29) is 11.7 Å². The number of rotatable bonds is 1. The van der Waals surface area contributed by atoms with Crippen molar-refractivity contribution < 1.29 is 9.90 Å². The van der Waals surface area contributed by atoms with Crippen molar-refractivity contribution in [1.29, 1.82) is 0 Å². The lowest BCUT2D eigenvalue weighted by Crippen LogP contribution is -2.24. The topological polar surface area (TPSA) is 73.7 Å². The van der Waals surface area contributed by atoms with Crippen molar-refractivity contribution in [2.45, 2.75) is 0 Å². The molecule has 1 fully saturated rings. The van der Waals surface area contributed by atoms with Crippen molar-refractivity contribution in [2.24, 2.45) is 4.99 Å². The van der Waals surface area contributed by atoms with Gasteiger partial charge in [-0.1, -0.05) is 12.1 Å². The van der Waals surface area contributed by atoms with Crippen LogP contribution < -0.4 is 10.6 Å². The van der Waals surface area contributed by atoms with Gasteiger partial charge in [0.05, 0.1) is 0 Å². The number of phenolic OH excluding ortho intramolecular Hbond substituents is 1. The first-order valence-corrected chi connectivity index (χ1v) is 4.75. The van der Waals surface area contributed by atoms with Crippen molar-refractivity contribution in [3.8, 4) is 5.75 Å². The minimum atomic E-state index is -0.214. The van der Waals surface area contributed by atoms with E-state index in [1.165, 1.54) is 0 Å². The molecular weight excluding hydrogens is 206 g/mol. The van der Waals surface area contributed by atoms with Crippen LogP contribution in [0.2, 0.25) is 0 Å². The molecule has 0 unspecified atom stereocenters. The Morgan fingerprint density at radius 2 is 1.94 bits per heavy atom. The number of nitrogens with zero attached hydrogens (tertiary/aromatic N) is 1. The lowest BCUT2D eigenvalue weighted by Gasteiger charge is -1.97. The lowest BCUT2D eigenvalue weighted by atomic mass is 10.2.